The van der Waals surface area contributed by atoms with Gasteiger partial charge in [0.2, 0.25) is 0 Å². The Morgan fingerprint density at radius 2 is 1.67 bits per heavy atom. The molecule has 4 heterocycles. The molecule has 176 valence electrons. The SMILES string of the molecule is CC.CC1=C(N2CC3=C(CCN(CCc4ccc5c(c4C)COC5=O)CC3)C2=O)COC1=O. The fourth-order valence-electron chi connectivity index (χ4n) is 5.00. The van der Waals surface area contributed by atoms with Crippen molar-refractivity contribution in [3.05, 3.63) is 56.8 Å². The van der Waals surface area contributed by atoms with E-state index in [1.54, 1.807) is 11.8 Å². The van der Waals surface area contributed by atoms with Crippen LogP contribution in [0.1, 0.15) is 60.7 Å². The third-order valence-electron chi connectivity index (χ3n) is 7.07. The molecule has 0 aliphatic carbocycles. The Kier molecular flexibility index (Phi) is 6.70. The van der Waals surface area contributed by atoms with Gasteiger partial charge in [-0.25, -0.2) is 9.59 Å². The quantitative estimate of drug-likeness (QED) is 0.653. The molecule has 0 aromatic heterocycles. The standard InChI is InChI=1S/C24H26N2O5.C2H6/c1-14-16(3-4-19-20(14)12-30-24(19)29)5-8-25-9-6-17-11-26(22(27)18(17)7-10-25)21-13-31-23(28)15(21)2;1-2/h3-4H,5-13H2,1-2H3;1-2H3. The second-order valence-electron chi connectivity index (χ2n) is 8.66. The summed E-state index contributed by atoms with van der Waals surface area (Å²) < 4.78 is 10.3. The van der Waals surface area contributed by atoms with Gasteiger partial charge in [0.25, 0.3) is 5.91 Å². The van der Waals surface area contributed by atoms with Gasteiger partial charge in [0.15, 0.2) is 0 Å². The number of carbonyl (C=O) groups is 3. The van der Waals surface area contributed by atoms with Crippen molar-refractivity contribution in [3.63, 3.8) is 0 Å². The van der Waals surface area contributed by atoms with Crippen molar-refractivity contribution in [2.45, 2.75) is 53.6 Å². The number of cyclic esters (lactones) is 2. The molecule has 4 aliphatic rings. The van der Waals surface area contributed by atoms with E-state index >= 15 is 0 Å². The van der Waals surface area contributed by atoms with Crippen molar-refractivity contribution in [2.24, 2.45) is 0 Å². The fraction of sp³-hybridized carbons (Fsp3) is 0.500. The zero-order chi connectivity index (χ0) is 23.7. The van der Waals surface area contributed by atoms with Gasteiger partial charge in [-0.05, 0) is 55.9 Å². The van der Waals surface area contributed by atoms with Crippen LogP contribution in [0.25, 0.3) is 0 Å². The molecule has 5 rings (SSSR count). The van der Waals surface area contributed by atoms with E-state index in [0.717, 1.165) is 61.3 Å². The van der Waals surface area contributed by atoms with E-state index in [9.17, 15) is 14.4 Å². The molecule has 0 saturated heterocycles. The molecule has 7 heteroatoms. The first-order chi connectivity index (χ1) is 15.9. The highest BCUT2D eigenvalue weighted by molar-refractivity contribution is 6.00. The molecule has 7 nitrogen and oxygen atoms in total. The van der Waals surface area contributed by atoms with Gasteiger partial charge in [-0.15, -0.1) is 0 Å². The lowest BCUT2D eigenvalue weighted by Crippen LogP contribution is -2.32. The van der Waals surface area contributed by atoms with E-state index in [1.807, 2.05) is 26.0 Å². The van der Waals surface area contributed by atoms with Gasteiger partial charge in [-0.2, -0.15) is 0 Å². The summed E-state index contributed by atoms with van der Waals surface area (Å²) in [5, 5.41) is 0. The number of hydrogen-bond acceptors (Lipinski definition) is 6. The van der Waals surface area contributed by atoms with Gasteiger partial charge >= 0.3 is 11.9 Å². The van der Waals surface area contributed by atoms with E-state index in [2.05, 4.69) is 11.8 Å². The lowest BCUT2D eigenvalue weighted by molar-refractivity contribution is -0.136. The number of rotatable bonds is 4. The van der Waals surface area contributed by atoms with Crippen molar-refractivity contribution in [1.29, 1.82) is 0 Å². The Bertz CT molecular complexity index is 1070. The van der Waals surface area contributed by atoms with Crippen molar-refractivity contribution in [1.82, 2.24) is 9.80 Å². The summed E-state index contributed by atoms with van der Waals surface area (Å²) in [5.41, 5.74) is 7.48. The van der Waals surface area contributed by atoms with Crippen molar-refractivity contribution in [2.75, 3.05) is 32.8 Å². The lowest BCUT2D eigenvalue weighted by atomic mass is 9.96. The number of fused-ring (bicyclic) bond motifs is 1. The maximum atomic E-state index is 13.0. The second kappa shape index (κ2) is 9.51. The van der Waals surface area contributed by atoms with Crippen LogP contribution >= 0.6 is 0 Å². The van der Waals surface area contributed by atoms with Gasteiger partial charge in [0.05, 0.1) is 16.8 Å². The first kappa shape index (κ1) is 23.2. The molecule has 33 heavy (non-hydrogen) atoms. The molecule has 4 aliphatic heterocycles. The van der Waals surface area contributed by atoms with Crippen molar-refractivity contribution in [3.8, 4) is 0 Å². The minimum Gasteiger partial charge on any atom is -0.457 e. The van der Waals surface area contributed by atoms with Crippen molar-refractivity contribution >= 4 is 17.8 Å². The van der Waals surface area contributed by atoms with Crippen LogP contribution in [-0.4, -0.2) is 60.4 Å². The largest absolute Gasteiger partial charge is 0.457 e. The second-order valence-corrected chi connectivity index (χ2v) is 8.66. The molecule has 0 radical (unpaired) electrons. The molecule has 0 fully saturated rings. The Morgan fingerprint density at radius 1 is 0.939 bits per heavy atom. The van der Waals surface area contributed by atoms with E-state index in [4.69, 9.17) is 9.47 Å². The summed E-state index contributed by atoms with van der Waals surface area (Å²) in [6.45, 7) is 11.6. The first-order valence-electron chi connectivity index (χ1n) is 11.8. The molecule has 0 spiro atoms. The molecular weight excluding hydrogens is 420 g/mol. The van der Waals surface area contributed by atoms with E-state index < -0.39 is 0 Å². The smallest absolute Gasteiger partial charge is 0.338 e. The molecule has 1 amide bonds. The Balaban J connectivity index is 0.00000126. The van der Waals surface area contributed by atoms with Gasteiger partial charge in [0.1, 0.15) is 13.2 Å². The Morgan fingerprint density at radius 3 is 2.39 bits per heavy atom. The molecule has 0 N–H and O–H groups in total. The van der Waals surface area contributed by atoms with Gasteiger partial charge < -0.3 is 19.3 Å². The third kappa shape index (κ3) is 4.22. The maximum absolute atomic E-state index is 13.0. The van der Waals surface area contributed by atoms with Gasteiger partial charge in [0, 0.05) is 37.3 Å². The summed E-state index contributed by atoms with van der Waals surface area (Å²) in [4.78, 5) is 40.6. The Labute approximate surface area is 195 Å². The van der Waals surface area contributed by atoms with Crippen LogP contribution in [0.5, 0.6) is 0 Å². The summed E-state index contributed by atoms with van der Waals surface area (Å²) >= 11 is 0. The minimum absolute atomic E-state index is 0.0311. The summed E-state index contributed by atoms with van der Waals surface area (Å²) in [6, 6.07) is 3.92. The molecule has 0 unspecified atom stereocenters. The number of ether oxygens (including phenoxy) is 2. The highest BCUT2D eigenvalue weighted by atomic mass is 16.5. The average Bonchev–Trinajstić information content (AvgIpc) is 3.41. The average molecular weight is 453 g/mol. The molecular formula is C26H32N2O5. The summed E-state index contributed by atoms with van der Waals surface area (Å²) in [7, 11) is 0. The number of benzene rings is 1. The molecule has 0 atom stereocenters. The Hall–Kier alpha value is -2.93. The fourth-order valence-corrected chi connectivity index (χ4v) is 5.00. The van der Waals surface area contributed by atoms with E-state index in [0.29, 0.717) is 24.3 Å². The molecule has 1 aromatic carbocycles. The van der Waals surface area contributed by atoms with E-state index in [1.165, 1.54) is 11.1 Å². The van der Waals surface area contributed by atoms with E-state index in [-0.39, 0.29) is 24.5 Å². The molecule has 0 saturated carbocycles. The first-order valence-corrected chi connectivity index (χ1v) is 11.8. The van der Waals surface area contributed by atoms with Gasteiger partial charge in [-0.3, -0.25) is 4.79 Å². The highest BCUT2D eigenvalue weighted by Crippen LogP contribution is 2.33. The normalized spacial score (nSPS) is 20.4. The topological polar surface area (TPSA) is 76.2 Å². The number of amides is 1. The van der Waals surface area contributed by atoms with Crippen LogP contribution in [0, 0.1) is 6.92 Å². The predicted octanol–water partition coefficient (Wildman–Crippen LogP) is 3.30. The zero-order valence-corrected chi connectivity index (χ0v) is 20.0. The lowest BCUT2D eigenvalue weighted by Gasteiger charge is -2.23. The number of hydrogen-bond donors (Lipinski definition) is 0. The zero-order valence-electron chi connectivity index (χ0n) is 20.0. The highest BCUT2D eigenvalue weighted by Gasteiger charge is 2.37. The van der Waals surface area contributed by atoms with Crippen LogP contribution in [0.2, 0.25) is 0 Å². The number of esters is 2. The van der Waals surface area contributed by atoms with Crippen LogP contribution in [0.15, 0.2) is 34.5 Å². The van der Waals surface area contributed by atoms with Crippen LogP contribution in [0.4, 0.5) is 0 Å². The van der Waals surface area contributed by atoms with Crippen LogP contribution < -0.4 is 0 Å². The monoisotopic (exact) mass is 452 g/mol. The molecule has 1 aromatic rings. The third-order valence-corrected chi connectivity index (χ3v) is 7.07. The minimum atomic E-state index is -0.325. The summed E-state index contributed by atoms with van der Waals surface area (Å²) in [5.74, 6) is -0.520. The molecule has 0 bridgehead atoms. The van der Waals surface area contributed by atoms with Gasteiger partial charge in [-0.1, -0.05) is 19.9 Å². The number of carbonyl (C=O) groups excluding carboxylic acids is 3. The predicted molar refractivity (Wildman–Crippen MR) is 123 cm³/mol. The summed E-state index contributed by atoms with van der Waals surface area (Å²) in [6.07, 6.45) is 2.51. The number of nitrogens with zero attached hydrogens (tertiary/aromatic N) is 2. The van der Waals surface area contributed by atoms with Crippen LogP contribution in [-0.2, 0) is 32.1 Å². The maximum Gasteiger partial charge on any atom is 0.338 e. The van der Waals surface area contributed by atoms with Crippen molar-refractivity contribution < 1.29 is 23.9 Å². The van der Waals surface area contributed by atoms with Crippen LogP contribution in [0.3, 0.4) is 0 Å².